The molecule has 1 saturated carbocycles. The highest BCUT2D eigenvalue weighted by molar-refractivity contribution is 9.10. The van der Waals surface area contributed by atoms with Gasteiger partial charge in [-0.3, -0.25) is 4.79 Å². The lowest BCUT2D eigenvalue weighted by Crippen LogP contribution is -2.25. The first-order chi connectivity index (χ1) is 9.08. The van der Waals surface area contributed by atoms with Gasteiger partial charge in [0.1, 0.15) is 5.78 Å². The molecule has 0 bridgehead atoms. The molecule has 0 heterocycles. The number of halogens is 1. The SMILES string of the molecule is COc1cc(Br)c(C2CCCC(C)C2=O)cc1OC. The molecule has 0 saturated heterocycles. The van der Waals surface area contributed by atoms with Gasteiger partial charge in [0.25, 0.3) is 0 Å². The number of methoxy groups -OCH3 is 2. The molecule has 0 aromatic heterocycles. The Kier molecular flexibility index (Phi) is 4.50. The number of carbonyl (C=O) groups is 1. The predicted octanol–water partition coefficient (Wildman–Crippen LogP) is 3.94. The molecule has 104 valence electrons. The van der Waals surface area contributed by atoms with Crippen LogP contribution in [0.5, 0.6) is 11.5 Å². The molecule has 19 heavy (non-hydrogen) atoms. The van der Waals surface area contributed by atoms with E-state index in [1.165, 1.54) is 0 Å². The van der Waals surface area contributed by atoms with Gasteiger partial charge in [0.15, 0.2) is 11.5 Å². The molecule has 2 unspecified atom stereocenters. The molecular formula is C15H19BrO3. The van der Waals surface area contributed by atoms with Gasteiger partial charge in [-0.2, -0.15) is 0 Å². The Hall–Kier alpha value is -1.03. The molecular weight excluding hydrogens is 308 g/mol. The average molecular weight is 327 g/mol. The topological polar surface area (TPSA) is 35.5 Å². The summed E-state index contributed by atoms with van der Waals surface area (Å²) in [6.07, 6.45) is 3.01. The highest BCUT2D eigenvalue weighted by Gasteiger charge is 2.31. The Balaban J connectivity index is 2.41. The fourth-order valence-electron chi connectivity index (χ4n) is 2.70. The quantitative estimate of drug-likeness (QED) is 0.843. The van der Waals surface area contributed by atoms with Crippen LogP contribution in [0.15, 0.2) is 16.6 Å². The first kappa shape index (κ1) is 14.4. The van der Waals surface area contributed by atoms with Gasteiger partial charge in [-0.05, 0) is 30.5 Å². The predicted molar refractivity (Wildman–Crippen MR) is 78.0 cm³/mol. The minimum Gasteiger partial charge on any atom is -0.493 e. The highest BCUT2D eigenvalue weighted by Crippen LogP contribution is 2.41. The molecule has 4 heteroatoms. The van der Waals surface area contributed by atoms with Crippen molar-refractivity contribution in [2.45, 2.75) is 32.1 Å². The molecule has 1 aliphatic carbocycles. The Labute approximate surface area is 122 Å². The van der Waals surface area contributed by atoms with E-state index in [0.717, 1.165) is 29.3 Å². The molecule has 0 aliphatic heterocycles. The van der Waals surface area contributed by atoms with E-state index in [4.69, 9.17) is 9.47 Å². The van der Waals surface area contributed by atoms with Crippen LogP contribution in [0.25, 0.3) is 0 Å². The second-order valence-electron chi connectivity index (χ2n) is 5.02. The van der Waals surface area contributed by atoms with Crippen LogP contribution in [0.3, 0.4) is 0 Å². The van der Waals surface area contributed by atoms with Gasteiger partial charge < -0.3 is 9.47 Å². The smallest absolute Gasteiger partial charge is 0.161 e. The summed E-state index contributed by atoms with van der Waals surface area (Å²) in [6.45, 7) is 2.02. The van der Waals surface area contributed by atoms with Crippen molar-refractivity contribution in [2.24, 2.45) is 5.92 Å². The molecule has 0 amide bonds. The Morgan fingerprint density at radius 2 is 1.79 bits per heavy atom. The molecule has 1 aromatic rings. The number of hydrogen-bond donors (Lipinski definition) is 0. The van der Waals surface area contributed by atoms with Crippen LogP contribution in [-0.4, -0.2) is 20.0 Å². The molecule has 2 rings (SSSR count). The van der Waals surface area contributed by atoms with E-state index in [0.29, 0.717) is 17.3 Å². The Morgan fingerprint density at radius 1 is 1.16 bits per heavy atom. The average Bonchev–Trinajstić information content (AvgIpc) is 2.42. The number of ether oxygens (including phenoxy) is 2. The van der Waals surface area contributed by atoms with E-state index in [1.54, 1.807) is 14.2 Å². The van der Waals surface area contributed by atoms with Crippen molar-refractivity contribution in [1.82, 2.24) is 0 Å². The lowest BCUT2D eigenvalue weighted by molar-refractivity contribution is -0.125. The summed E-state index contributed by atoms with van der Waals surface area (Å²) in [4.78, 5) is 12.3. The van der Waals surface area contributed by atoms with Crippen LogP contribution in [0.4, 0.5) is 0 Å². The van der Waals surface area contributed by atoms with Crippen molar-refractivity contribution in [2.75, 3.05) is 14.2 Å². The van der Waals surface area contributed by atoms with Crippen LogP contribution in [0.1, 0.15) is 37.7 Å². The largest absolute Gasteiger partial charge is 0.493 e. The summed E-state index contributed by atoms with van der Waals surface area (Å²) in [7, 11) is 3.22. The zero-order valence-corrected chi connectivity index (χ0v) is 13.1. The zero-order valence-electron chi connectivity index (χ0n) is 11.5. The van der Waals surface area contributed by atoms with Crippen molar-refractivity contribution in [3.05, 3.63) is 22.2 Å². The van der Waals surface area contributed by atoms with Crippen molar-refractivity contribution in [1.29, 1.82) is 0 Å². The number of carbonyl (C=O) groups excluding carboxylic acids is 1. The molecule has 0 spiro atoms. The molecule has 1 aromatic carbocycles. The van der Waals surface area contributed by atoms with Gasteiger partial charge in [-0.1, -0.05) is 29.3 Å². The lowest BCUT2D eigenvalue weighted by Gasteiger charge is -2.27. The molecule has 3 nitrogen and oxygen atoms in total. The van der Waals surface area contributed by atoms with E-state index in [9.17, 15) is 4.79 Å². The van der Waals surface area contributed by atoms with Crippen LogP contribution in [0, 0.1) is 5.92 Å². The zero-order chi connectivity index (χ0) is 14.0. The second kappa shape index (κ2) is 5.95. The standard InChI is InChI=1S/C15H19BrO3/c1-9-5-4-6-10(15(9)17)11-7-13(18-2)14(19-3)8-12(11)16/h7-10H,4-6H2,1-3H3. The van der Waals surface area contributed by atoms with Crippen molar-refractivity contribution >= 4 is 21.7 Å². The summed E-state index contributed by atoms with van der Waals surface area (Å²) in [5, 5.41) is 0. The molecule has 1 fully saturated rings. The van der Waals surface area contributed by atoms with Gasteiger partial charge in [-0.25, -0.2) is 0 Å². The summed E-state index contributed by atoms with van der Waals surface area (Å²) < 4.78 is 11.5. The van der Waals surface area contributed by atoms with E-state index < -0.39 is 0 Å². The van der Waals surface area contributed by atoms with E-state index in [-0.39, 0.29) is 11.8 Å². The number of ketones is 1. The van der Waals surface area contributed by atoms with Crippen molar-refractivity contribution in [3.63, 3.8) is 0 Å². The summed E-state index contributed by atoms with van der Waals surface area (Å²) >= 11 is 3.55. The van der Waals surface area contributed by atoms with E-state index >= 15 is 0 Å². The maximum atomic E-state index is 12.3. The van der Waals surface area contributed by atoms with Crippen molar-refractivity contribution in [3.8, 4) is 11.5 Å². The second-order valence-corrected chi connectivity index (χ2v) is 5.87. The third-order valence-electron chi connectivity index (χ3n) is 3.84. The van der Waals surface area contributed by atoms with E-state index in [1.807, 2.05) is 19.1 Å². The maximum absolute atomic E-state index is 12.3. The minimum atomic E-state index is -0.0297. The van der Waals surface area contributed by atoms with Crippen molar-refractivity contribution < 1.29 is 14.3 Å². The summed E-state index contributed by atoms with van der Waals surface area (Å²) in [5.41, 5.74) is 1.01. The fourth-order valence-corrected chi connectivity index (χ4v) is 3.30. The maximum Gasteiger partial charge on any atom is 0.161 e. The molecule has 0 radical (unpaired) electrons. The van der Waals surface area contributed by atoms with E-state index in [2.05, 4.69) is 15.9 Å². The third-order valence-corrected chi connectivity index (χ3v) is 4.52. The fraction of sp³-hybridized carbons (Fsp3) is 0.533. The van der Waals surface area contributed by atoms with Crippen LogP contribution >= 0.6 is 15.9 Å². The van der Waals surface area contributed by atoms with Crippen LogP contribution in [-0.2, 0) is 4.79 Å². The Morgan fingerprint density at radius 3 is 2.42 bits per heavy atom. The summed E-state index contributed by atoms with van der Waals surface area (Å²) in [5.74, 6) is 1.80. The third kappa shape index (κ3) is 2.78. The number of benzene rings is 1. The van der Waals surface area contributed by atoms with Crippen LogP contribution < -0.4 is 9.47 Å². The van der Waals surface area contributed by atoms with Crippen LogP contribution in [0.2, 0.25) is 0 Å². The Bertz CT molecular complexity index is 485. The number of hydrogen-bond acceptors (Lipinski definition) is 3. The lowest BCUT2D eigenvalue weighted by atomic mass is 9.77. The monoisotopic (exact) mass is 326 g/mol. The molecule has 2 atom stereocenters. The van der Waals surface area contributed by atoms with Gasteiger partial charge in [-0.15, -0.1) is 0 Å². The van der Waals surface area contributed by atoms with Gasteiger partial charge >= 0.3 is 0 Å². The number of Topliss-reactive ketones (excluding diaryl/α,β-unsaturated/α-hetero) is 1. The minimum absolute atomic E-state index is 0.0297. The summed E-state index contributed by atoms with van der Waals surface area (Å²) in [6, 6.07) is 3.80. The first-order valence-corrected chi connectivity index (χ1v) is 7.33. The number of rotatable bonds is 3. The highest BCUT2D eigenvalue weighted by atomic mass is 79.9. The molecule has 1 aliphatic rings. The first-order valence-electron chi connectivity index (χ1n) is 6.53. The van der Waals surface area contributed by atoms with Gasteiger partial charge in [0.05, 0.1) is 14.2 Å². The molecule has 0 N–H and O–H groups in total. The van der Waals surface area contributed by atoms with Gasteiger partial charge in [0, 0.05) is 16.3 Å². The van der Waals surface area contributed by atoms with Gasteiger partial charge in [0.2, 0.25) is 0 Å². The normalized spacial score (nSPS) is 23.3.